The van der Waals surface area contributed by atoms with Crippen LogP contribution in [-0.2, 0) is 16.1 Å². The van der Waals surface area contributed by atoms with Crippen LogP contribution in [0.5, 0.6) is 0 Å². The summed E-state index contributed by atoms with van der Waals surface area (Å²) in [7, 11) is 0. The second-order valence-electron chi connectivity index (χ2n) is 5.49. The van der Waals surface area contributed by atoms with Gasteiger partial charge in [-0.2, -0.15) is 0 Å². The Bertz CT molecular complexity index is 661. The van der Waals surface area contributed by atoms with Crippen molar-refractivity contribution in [2.24, 2.45) is 5.73 Å². The number of hydrogen-bond donors (Lipinski definition) is 2. The molecule has 1 aliphatic heterocycles. The highest BCUT2D eigenvalue weighted by atomic mass is 35.5. The van der Waals surface area contributed by atoms with Crippen molar-refractivity contribution in [2.45, 2.75) is 24.9 Å². The van der Waals surface area contributed by atoms with E-state index in [1.54, 1.807) is 6.20 Å². The fourth-order valence-corrected chi connectivity index (χ4v) is 2.53. The average molecular weight is 358 g/mol. The molecule has 1 aromatic carbocycles. The molecule has 3 N–H and O–H groups in total. The summed E-state index contributed by atoms with van der Waals surface area (Å²) in [5.41, 5.74) is 7.27. The molecule has 1 fully saturated rings. The van der Waals surface area contributed by atoms with Gasteiger partial charge >= 0.3 is 0 Å². The Kier molecular flexibility index (Phi) is 7.22. The van der Waals surface area contributed by atoms with E-state index in [-0.39, 0.29) is 30.7 Å². The predicted molar refractivity (Wildman–Crippen MR) is 95.1 cm³/mol. The molecule has 3 rings (SSSR count). The van der Waals surface area contributed by atoms with Gasteiger partial charge in [-0.3, -0.25) is 9.78 Å². The van der Waals surface area contributed by atoms with E-state index in [0.29, 0.717) is 32.6 Å². The second-order valence-corrected chi connectivity index (χ2v) is 5.49. The van der Waals surface area contributed by atoms with E-state index in [9.17, 15) is 4.79 Å². The largest absolute Gasteiger partial charge is 0.381 e. The van der Waals surface area contributed by atoms with Gasteiger partial charge in [0.15, 0.2) is 0 Å². The third-order valence-corrected chi connectivity index (χ3v) is 3.94. The molecule has 0 aliphatic carbocycles. The lowest BCUT2D eigenvalue weighted by Crippen LogP contribution is -2.56. The Balaban J connectivity index is 0.00000132. The maximum atomic E-state index is 12.2. The molecule has 1 aliphatic rings. The van der Waals surface area contributed by atoms with Crippen LogP contribution in [0.3, 0.4) is 0 Å². The van der Waals surface area contributed by atoms with Crippen molar-refractivity contribution in [2.75, 3.05) is 13.2 Å². The molecule has 0 bridgehead atoms. The number of pyridine rings is 1. The van der Waals surface area contributed by atoms with Crippen molar-refractivity contribution < 1.29 is 9.53 Å². The number of hydrogen-bond acceptors (Lipinski definition) is 4. The summed E-state index contributed by atoms with van der Waals surface area (Å²) in [5, 5.41) is 3.98. The zero-order chi connectivity index (χ0) is 14.7. The Morgan fingerprint density at radius 3 is 2.70 bits per heavy atom. The Morgan fingerprint density at radius 2 is 1.96 bits per heavy atom. The van der Waals surface area contributed by atoms with Crippen molar-refractivity contribution in [1.82, 2.24) is 10.3 Å². The summed E-state index contributed by atoms with van der Waals surface area (Å²) in [5.74, 6) is -0.112. The van der Waals surface area contributed by atoms with Gasteiger partial charge in [0.05, 0.1) is 11.1 Å². The number of para-hydroxylation sites is 1. The zero-order valence-electron chi connectivity index (χ0n) is 12.7. The number of carbonyl (C=O) groups excluding carboxylic acids is 1. The molecule has 23 heavy (non-hydrogen) atoms. The monoisotopic (exact) mass is 357 g/mol. The van der Waals surface area contributed by atoms with Crippen LogP contribution in [-0.4, -0.2) is 29.6 Å². The van der Waals surface area contributed by atoms with Crippen LogP contribution >= 0.6 is 24.8 Å². The quantitative estimate of drug-likeness (QED) is 0.882. The third kappa shape index (κ3) is 4.54. The minimum absolute atomic E-state index is 0. The topological polar surface area (TPSA) is 77.2 Å². The summed E-state index contributed by atoms with van der Waals surface area (Å²) in [4.78, 5) is 16.6. The third-order valence-electron chi connectivity index (χ3n) is 3.94. The number of nitrogens with zero attached hydrogens (tertiary/aromatic N) is 1. The molecule has 0 unspecified atom stereocenters. The molecule has 0 spiro atoms. The van der Waals surface area contributed by atoms with Crippen molar-refractivity contribution in [3.8, 4) is 0 Å². The molecule has 7 heteroatoms. The zero-order valence-corrected chi connectivity index (χ0v) is 14.3. The van der Waals surface area contributed by atoms with Crippen LogP contribution in [0.2, 0.25) is 0 Å². The van der Waals surface area contributed by atoms with E-state index in [2.05, 4.69) is 10.3 Å². The smallest absolute Gasteiger partial charge is 0.240 e. The van der Waals surface area contributed by atoms with Gasteiger partial charge in [0.25, 0.3) is 0 Å². The minimum atomic E-state index is -0.803. The fraction of sp³-hybridized carbons (Fsp3) is 0.375. The highest BCUT2D eigenvalue weighted by Crippen LogP contribution is 2.18. The molecule has 1 amide bonds. The molecule has 0 atom stereocenters. The summed E-state index contributed by atoms with van der Waals surface area (Å²) >= 11 is 0. The first kappa shape index (κ1) is 19.6. The van der Waals surface area contributed by atoms with Gasteiger partial charge in [-0.25, -0.2) is 0 Å². The molecule has 2 aromatic rings. The average Bonchev–Trinajstić information content (AvgIpc) is 2.53. The van der Waals surface area contributed by atoms with E-state index in [4.69, 9.17) is 10.5 Å². The number of halogens is 2. The molecule has 0 saturated carbocycles. The SMILES string of the molecule is Cl.Cl.NC1(C(=O)NCc2cnc3ccccc3c2)CCOCC1. The fourth-order valence-electron chi connectivity index (χ4n) is 2.53. The molecule has 0 radical (unpaired) electrons. The number of ether oxygens (including phenoxy) is 1. The molecule has 1 aromatic heterocycles. The van der Waals surface area contributed by atoms with E-state index < -0.39 is 5.54 Å². The van der Waals surface area contributed by atoms with Crippen LogP contribution < -0.4 is 11.1 Å². The first-order valence-corrected chi connectivity index (χ1v) is 7.16. The Labute approximate surface area is 147 Å². The Hall–Kier alpha value is -1.40. The number of aromatic nitrogens is 1. The summed E-state index contributed by atoms with van der Waals surface area (Å²) in [6.07, 6.45) is 2.92. The first-order chi connectivity index (χ1) is 10.2. The van der Waals surface area contributed by atoms with Crippen LogP contribution in [0.1, 0.15) is 18.4 Å². The number of nitrogens with two attached hydrogens (primary N) is 1. The maximum absolute atomic E-state index is 12.2. The van der Waals surface area contributed by atoms with Gasteiger partial charge in [-0.05, 0) is 30.5 Å². The summed E-state index contributed by atoms with van der Waals surface area (Å²) in [6, 6.07) is 9.95. The van der Waals surface area contributed by atoms with E-state index >= 15 is 0 Å². The standard InChI is InChI=1S/C16H19N3O2.2ClH/c17-16(5-7-21-8-6-16)15(20)19-11-12-9-13-3-1-2-4-14(13)18-10-12;;/h1-4,9-10H,5-8,11,17H2,(H,19,20);2*1H. The first-order valence-electron chi connectivity index (χ1n) is 7.16. The van der Waals surface area contributed by atoms with Gasteiger partial charge in [0.2, 0.25) is 5.91 Å². The predicted octanol–water partition coefficient (Wildman–Crippen LogP) is 2.20. The van der Waals surface area contributed by atoms with Crippen molar-refractivity contribution in [3.05, 3.63) is 42.1 Å². The second kappa shape index (κ2) is 8.45. The number of rotatable bonds is 3. The van der Waals surface area contributed by atoms with Crippen molar-refractivity contribution in [3.63, 3.8) is 0 Å². The molecule has 126 valence electrons. The van der Waals surface area contributed by atoms with Gasteiger partial charge in [0.1, 0.15) is 0 Å². The van der Waals surface area contributed by atoms with Crippen molar-refractivity contribution in [1.29, 1.82) is 0 Å². The molecule has 5 nitrogen and oxygen atoms in total. The molecular weight excluding hydrogens is 337 g/mol. The number of amides is 1. The normalized spacial score (nSPS) is 16.0. The molecule has 2 heterocycles. The number of carbonyl (C=O) groups is 1. The van der Waals surface area contributed by atoms with Crippen LogP contribution in [0.25, 0.3) is 10.9 Å². The van der Waals surface area contributed by atoms with Crippen molar-refractivity contribution >= 4 is 41.6 Å². The number of benzene rings is 1. The highest BCUT2D eigenvalue weighted by Gasteiger charge is 2.35. The Morgan fingerprint density at radius 1 is 1.26 bits per heavy atom. The lowest BCUT2D eigenvalue weighted by atomic mass is 9.90. The summed E-state index contributed by atoms with van der Waals surface area (Å²) in [6.45, 7) is 1.53. The van der Waals surface area contributed by atoms with E-state index in [0.717, 1.165) is 16.5 Å². The van der Waals surface area contributed by atoms with Gasteiger partial charge < -0.3 is 15.8 Å². The molecule has 1 saturated heterocycles. The van der Waals surface area contributed by atoms with Gasteiger partial charge in [0, 0.05) is 31.3 Å². The van der Waals surface area contributed by atoms with Gasteiger partial charge in [-0.1, -0.05) is 18.2 Å². The maximum Gasteiger partial charge on any atom is 0.240 e. The lowest BCUT2D eigenvalue weighted by molar-refractivity contribution is -0.129. The summed E-state index contributed by atoms with van der Waals surface area (Å²) < 4.78 is 5.26. The number of nitrogens with one attached hydrogen (secondary N) is 1. The van der Waals surface area contributed by atoms with Crippen LogP contribution in [0.15, 0.2) is 36.5 Å². The van der Waals surface area contributed by atoms with Crippen LogP contribution in [0.4, 0.5) is 0 Å². The van der Waals surface area contributed by atoms with E-state index in [1.165, 1.54) is 0 Å². The highest BCUT2D eigenvalue weighted by molar-refractivity contribution is 5.86. The minimum Gasteiger partial charge on any atom is -0.381 e. The van der Waals surface area contributed by atoms with Gasteiger partial charge in [-0.15, -0.1) is 24.8 Å². The lowest BCUT2D eigenvalue weighted by Gasteiger charge is -2.31. The number of fused-ring (bicyclic) bond motifs is 1. The molecular formula is C16H21Cl2N3O2. The van der Waals surface area contributed by atoms with E-state index in [1.807, 2.05) is 30.3 Å². The van der Waals surface area contributed by atoms with Crippen LogP contribution in [0, 0.1) is 0 Å².